The number of hydrogen-bond acceptors (Lipinski definition) is 4. The molecule has 24 heavy (non-hydrogen) atoms. The van der Waals surface area contributed by atoms with Gasteiger partial charge in [-0.3, -0.25) is 0 Å². The molecular formula is C20H26N4. The SMILES string of the molecule is CN[C@H]1CC[C@H](Nc2ncnc3ccc(/C=C/C4CC4)cc23)CC1. The lowest BCUT2D eigenvalue weighted by Gasteiger charge is -2.29. The van der Waals surface area contributed by atoms with Crippen LogP contribution in [0.5, 0.6) is 0 Å². The first-order valence-corrected chi connectivity index (χ1v) is 9.18. The van der Waals surface area contributed by atoms with E-state index in [1.807, 2.05) is 0 Å². The predicted molar refractivity (Wildman–Crippen MR) is 100 cm³/mol. The van der Waals surface area contributed by atoms with Gasteiger partial charge in [-0.25, -0.2) is 9.97 Å². The molecule has 0 bridgehead atoms. The van der Waals surface area contributed by atoms with E-state index >= 15 is 0 Å². The molecule has 0 saturated heterocycles. The van der Waals surface area contributed by atoms with Gasteiger partial charge in [0, 0.05) is 17.5 Å². The minimum atomic E-state index is 0.512. The van der Waals surface area contributed by atoms with Crippen molar-refractivity contribution < 1.29 is 0 Å². The van der Waals surface area contributed by atoms with Gasteiger partial charge in [-0.15, -0.1) is 0 Å². The normalized spacial score (nSPS) is 24.5. The highest BCUT2D eigenvalue weighted by Crippen LogP contribution is 2.31. The Morgan fingerprint density at radius 1 is 1.00 bits per heavy atom. The number of benzene rings is 1. The average Bonchev–Trinajstić information content (AvgIpc) is 3.45. The van der Waals surface area contributed by atoms with Gasteiger partial charge in [0.2, 0.25) is 0 Å². The van der Waals surface area contributed by atoms with Crippen molar-refractivity contribution in [3.8, 4) is 0 Å². The Morgan fingerprint density at radius 3 is 2.54 bits per heavy atom. The third-order valence-electron chi connectivity index (χ3n) is 5.32. The molecule has 1 heterocycles. The number of hydrogen-bond donors (Lipinski definition) is 2. The summed E-state index contributed by atoms with van der Waals surface area (Å²) in [6, 6.07) is 7.65. The van der Waals surface area contributed by atoms with Gasteiger partial charge in [-0.05, 0) is 69.2 Å². The molecule has 2 saturated carbocycles. The maximum absolute atomic E-state index is 4.53. The number of anilines is 1. The van der Waals surface area contributed by atoms with E-state index in [0.717, 1.165) is 22.6 Å². The molecule has 0 spiro atoms. The molecule has 2 aliphatic carbocycles. The molecule has 1 aromatic heterocycles. The molecule has 0 radical (unpaired) electrons. The maximum atomic E-state index is 4.53. The Labute approximate surface area is 143 Å². The van der Waals surface area contributed by atoms with Crippen molar-refractivity contribution in [3.63, 3.8) is 0 Å². The van der Waals surface area contributed by atoms with Crippen molar-refractivity contribution in [1.82, 2.24) is 15.3 Å². The van der Waals surface area contributed by atoms with Gasteiger partial charge in [-0.2, -0.15) is 0 Å². The van der Waals surface area contributed by atoms with Gasteiger partial charge in [-0.1, -0.05) is 18.2 Å². The van der Waals surface area contributed by atoms with Crippen LogP contribution in [-0.4, -0.2) is 29.1 Å². The van der Waals surface area contributed by atoms with Crippen LogP contribution in [-0.2, 0) is 0 Å². The topological polar surface area (TPSA) is 49.8 Å². The summed E-state index contributed by atoms with van der Waals surface area (Å²) in [7, 11) is 2.06. The molecule has 0 unspecified atom stereocenters. The van der Waals surface area contributed by atoms with Crippen molar-refractivity contribution in [1.29, 1.82) is 0 Å². The lowest BCUT2D eigenvalue weighted by Crippen LogP contribution is -2.35. The molecule has 0 amide bonds. The van der Waals surface area contributed by atoms with Crippen molar-refractivity contribution in [2.24, 2.45) is 5.92 Å². The van der Waals surface area contributed by atoms with Crippen LogP contribution in [0.25, 0.3) is 17.0 Å². The summed E-state index contributed by atoms with van der Waals surface area (Å²) in [5, 5.41) is 8.19. The van der Waals surface area contributed by atoms with E-state index in [4.69, 9.17) is 0 Å². The van der Waals surface area contributed by atoms with Crippen LogP contribution in [0.3, 0.4) is 0 Å². The van der Waals surface area contributed by atoms with Gasteiger partial charge in [0.15, 0.2) is 0 Å². The van der Waals surface area contributed by atoms with E-state index in [1.165, 1.54) is 44.1 Å². The standard InChI is InChI=1S/C20H26N4/c1-21-16-7-9-17(10-8-16)24-20-18-12-15(5-4-14-2-3-14)6-11-19(18)22-13-23-20/h4-6,11-14,16-17,21H,2-3,7-10H2,1H3,(H,22,23,24)/b5-4+/t16-,17-. The second kappa shape index (κ2) is 6.89. The van der Waals surface area contributed by atoms with Gasteiger partial charge in [0.25, 0.3) is 0 Å². The highest BCUT2D eigenvalue weighted by Gasteiger charge is 2.21. The molecule has 4 heteroatoms. The quantitative estimate of drug-likeness (QED) is 0.874. The Morgan fingerprint density at radius 2 is 1.79 bits per heavy atom. The monoisotopic (exact) mass is 322 g/mol. The van der Waals surface area contributed by atoms with Gasteiger partial charge in [0.05, 0.1) is 5.52 Å². The summed E-state index contributed by atoms with van der Waals surface area (Å²) in [5.74, 6) is 1.78. The van der Waals surface area contributed by atoms with E-state index in [9.17, 15) is 0 Å². The molecule has 0 aliphatic heterocycles. The lowest BCUT2D eigenvalue weighted by molar-refractivity contribution is 0.371. The Hall–Kier alpha value is -1.94. The molecule has 4 rings (SSSR count). The number of rotatable bonds is 5. The third kappa shape index (κ3) is 3.59. The van der Waals surface area contributed by atoms with E-state index in [1.54, 1.807) is 6.33 Å². The summed E-state index contributed by atoms with van der Waals surface area (Å²) >= 11 is 0. The molecule has 2 aromatic rings. The largest absolute Gasteiger partial charge is 0.367 e. The van der Waals surface area contributed by atoms with Crippen molar-refractivity contribution in [2.45, 2.75) is 50.6 Å². The number of nitrogens with one attached hydrogen (secondary N) is 2. The fourth-order valence-corrected chi connectivity index (χ4v) is 3.55. The highest BCUT2D eigenvalue weighted by atomic mass is 15.0. The van der Waals surface area contributed by atoms with Crippen LogP contribution in [0.4, 0.5) is 5.82 Å². The fourth-order valence-electron chi connectivity index (χ4n) is 3.55. The predicted octanol–water partition coefficient (Wildman–Crippen LogP) is 4.00. The molecule has 1 aromatic carbocycles. The lowest BCUT2D eigenvalue weighted by atomic mass is 9.91. The molecular weight excluding hydrogens is 296 g/mol. The number of fused-ring (bicyclic) bond motifs is 1. The van der Waals surface area contributed by atoms with Crippen molar-refractivity contribution in [2.75, 3.05) is 12.4 Å². The van der Waals surface area contributed by atoms with Gasteiger partial charge < -0.3 is 10.6 Å². The number of allylic oxidation sites excluding steroid dienone is 1. The summed E-state index contributed by atoms with van der Waals surface area (Å²) in [4.78, 5) is 8.95. The highest BCUT2D eigenvalue weighted by molar-refractivity contribution is 5.90. The van der Waals surface area contributed by atoms with Crippen molar-refractivity contribution in [3.05, 3.63) is 36.2 Å². The van der Waals surface area contributed by atoms with Gasteiger partial charge in [0.1, 0.15) is 12.1 Å². The average molecular weight is 322 g/mol. The van der Waals surface area contributed by atoms with Crippen LogP contribution >= 0.6 is 0 Å². The van der Waals surface area contributed by atoms with E-state index in [0.29, 0.717) is 12.1 Å². The molecule has 126 valence electrons. The first-order chi connectivity index (χ1) is 11.8. The Bertz CT molecular complexity index is 727. The molecule has 2 aliphatic rings. The van der Waals surface area contributed by atoms with Crippen LogP contribution in [0, 0.1) is 5.92 Å². The molecule has 2 fully saturated rings. The minimum absolute atomic E-state index is 0.512. The zero-order chi connectivity index (χ0) is 16.4. The summed E-state index contributed by atoms with van der Waals surface area (Å²) < 4.78 is 0. The van der Waals surface area contributed by atoms with Crippen LogP contribution < -0.4 is 10.6 Å². The second-order valence-electron chi connectivity index (χ2n) is 7.18. The van der Waals surface area contributed by atoms with Gasteiger partial charge >= 0.3 is 0 Å². The molecule has 4 nitrogen and oxygen atoms in total. The smallest absolute Gasteiger partial charge is 0.137 e. The zero-order valence-corrected chi connectivity index (χ0v) is 14.3. The van der Waals surface area contributed by atoms with Crippen LogP contribution in [0.1, 0.15) is 44.1 Å². The Balaban J connectivity index is 1.54. The fraction of sp³-hybridized carbons (Fsp3) is 0.500. The van der Waals surface area contributed by atoms with Crippen LogP contribution in [0.2, 0.25) is 0 Å². The first kappa shape index (κ1) is 15.6. The minimum Gasteiger partial charge on any atom is -0.367 e. The van der Waals surface area contributed by atoms with Crippen LogP contribution in [0.15, 0.2) is 30.6 Å². The zero-order valence-electron chi connectivity index (χ0n) is 14.3. The summed E-state index contributed by atoms with van der Waals surface area (Å²) in [6.07, 6.45) is 13.8. The first-order valence-electron chi connectivity index (χ1n) is 9.18. The maximum Gasteiger partial charge on any atom is 0.137 e. The number of aromatic nitrogens is 2. The summed E-state index contributed by atoms with van der Waals surface area (Å²) in [6.45, 7) is 0. The molecule has 2 N–H and O–H groups in total. The van der Waals surface area contributed by atoms with E-state index in [2.05, 4.69) is 58.0 Å². The van der Waals surface area contributed by atoms with E-state index in [-0.39, 0.29) is 0 Å². The molecule has 0 atom stereocenters. The van der Waals surface area contributed by atoms with Crippen molar-refractivity contribution >= 4 is 22.8 Å². The Kier molecular flexibility index (Phi) is 4.48. The van der Waals surface area contributed by atoms with E-state index < -0.39 is 0 Å². The third-order valence-corrected chi connectivity index (χ3v) is 5.32. The number of nitrogens with zero attached hydrogens (tertiary/aromatic N) is 2. The second-order valence-corrected chi connectivity index (χ2v) is 7.18. The summed E-state index contributed by atoms with van der Waals surface area (Å²) in [5.41, 5.74) is 2.26.